The monoisotopic (exact) mass is 229 g/mol. The molecule has 5 heteroatoms. The summed E-state index contributed by atoms with van der Waals surface area (Å²) in [6.45, 7) is 2.25. The Kier molecular flexibility index (Phi) is 5.25. The fourth-order valence-corrected chi connectivity index (χ4v) is 1.95. The molecule has 1 fully saturated rings. The van der Waals surface area contributed by atoms with Crippen LogP contribution >= 0.6 is 0 Å². The Morgan fingerprint density at radius 3 is 2.75 bits per heavy atom. The highest BCUT2D eigenvalue weighted by molar-refractivity contribution is 5.78. The van der Waals surface area contributed by atoms with Crippen molar-refractivity contribution in [3.8, 4) is 0 Å². The Labute approximate surface area is 95.4 Å². The molecule has 1 N–H and O–H groups in total. The topological polar surface area (TPSA) is 66.8 Å². The minimum absolute atomic E-state index is 0.101. The third kappa shape index (κ3) is 4.18. The standard InChI is InChI=1S/C11H19NO4/c1-9-5-3-2-4-6-12(9)10(13)7-16-8-11(14)15/h9H,2-8H2,1H3,(H,14,15). The summed E-state index contributed by atoms with van der Waals surface area (Å²) in [6.07, 6.45) is 4.35. The van der Waals surface area contributed by atoms with E-state index >= 15 is 0 Å². The second-order valence-corrected chi connectivity index (χ2v) is 4.17. The number of carbonyl (C=O) groups excluding carboxylic acids is 1. The smallest absolute Gasteiger partial charge is 0.329 e. The van der Waals surface area contributed by atoms with Crippen LogP contribution in [0.2, 0.25) is 0 Å². The lowest BCUT2D eigenvalue weighted by Gasteiger charge is -2.26. The molecular weight excluding hydrogens is 210 g/mol. The Bertz CT molecular complexity index is 254. The Morgan fingerprint density at radius 1 is 1.31 bits per heavy atom. The van der Waals surface area contributed by atoms with E-state index < -0.39 is 12.6 Å². The van der Waals surface area contributed by atoms with Crippen molar-refractivity contribution in [1.29, 1.82) is 0 Å². The third-order valence-corrected chi connectivity index (χ3v) is 2.82. The van der Waals surface area contributed by atoms with Gasteiger partial charge in [0.1, 0.15) is 13.2 Å². The van der Waals surface area contributed by atoms with Crippen LogP contribution in [0.25, 0.3) is 0 Å². The van der Waals surface area contributed by atoms with Gasteiger partial charge in [-0.2, -0.15) is 0 Å². The van der Waals surface area contributed by atoms with E-state index in [1.165, 1.54) is 0 Å². The second-order valence-electron chi connectivity index (χ2n) is 4.17. The average molecular weight is 229 g/mol. The lowest BCUT2D eigenvalue weighted by Crippen LogP contribution is -2.40. The van der Waals surface area contributed by atoms with Crippen LogP contribution < -0.4 is 0 Å². The van der Waals surface area contributed by atoms with Gasteiger partial charge in [0.2, 0.25) is 5.91 Å². The van der Waals surface area contributed by atoms with Gasteiger partial charge in [-0.15, -0.1) is 0 Å². The maximum Gasteiger partial charge on any atom is 0.329 e. The molecule has 1 rings (SSSR count). The number of nitrogens with zero attached hydrogens (tertiary/aromatic N) is 1. The third-order valence-electron chi connectivity index (χ3n) is 2.82. The summed E-state index contributed by atoms with van der Waals surface area (Å²) in [5, 5.41) is 8.38. The van der Waals surface area contributed by atoms with E-state index in [2.05, 4.69) is 0 Å². The first-order valence-corrected chi connectivity index (χ1v) is 5.70. The molecule has 1 aliphatic heterocycles. The first kappa shape index (κ1) is 13.0. The van der Waals surface area contributed by atoms with Gasteiger partial charge in [-0.05, 0) is 19.8 Å². The van der Waals surface area contributed by atoms with Crippen LogP contribution in [-0.2, 0) is 14.3 Å². The molecule has 0 spiro atoms. The zero-order valence-corrected chi connectivity index (χ0v) is 9.65. The number of likely N-dealkylation sites (tertiary alicyclic amines) is 1. The molecule has 1 unspecified atom stereocenters. The molecule has 0 aliphatic carbocycles. The van der Waals surface area contributed by atoms with Crippen molar-refractivity contribution in [2.75, 3.05) is 19.8 Å². The van der Waals surface area contributed by atoms with Crippen molar-refractivity contribution in [2.45, 2.75) is 38.6 Å². The van der Waals surface area contributed by atoms with Gasteiger partial charge in [0.25, 0.3) is 0 Å². The highest BCUT2D eigenvalue weighted by Crippen LogP contribution is 2.16. The molecule has 1 saturated heterocycles. The predicted octanol–water partition coefficient (Wildman–Crippen LogP) is 0.879. The molecule has 0 aromatic rings. The highest BCUT2D eigenvalue weighted by atomic mass is 16.5. The molecule has 0 radical (unpaired) electrons. The van der Waals surface area contributed by atoms with Gasteiger partial charge < -0.3 is 14.7 Å². The van der Waals surface area contributed by atoms with E-state index in [-0.39, 0.29) is 18.6 Å². The summed E-state index contributed by atoms with van der Waals surface area (Å²) in [5.41, 5.74) is 0. The van der Waals surface area contributed by atoms with Crippen LogP contribution in [0.15, 0.2) is 0 Å². The van der Waals surface area contributed by atoms with Crippen molar-refractivity contribution in [1.82, 2.24) is 4.90 Å². The summed E-state index contributed by atoms with van der Waals surface area (Å²) in [4.78, 5) is 23.8. The van der Waals surface area contributed by atoms with Crippen LogP contribution in [0.3, 0.4) is 0 Å². The second kappa shape index (κ2) is 6.48. The number of hydrogen-bond acceptors (Lipinski definition) is 3. The van der Waals surface area contributed by atoms with Crippen molar-refractivity contribution in [3.05, 3.63) is 0 Å². The summed E-state index contributed by atoms with van der Waals surface area (Å²) in [5.74, 6) is -1.15. The summed E-state index contributed by atoms with van der Waals surface area (Å²) in [7, 11) is 0. The van der Waals surface area contributed by atoms with E-state index in [0.717, 1.165) is 32.2 Å². The highest BCUT2D eigenvalue weighted by Gasteiger charge is 2.21. The normalized spacial score (nSPS) is 21.6. The van der Waals surface area contributed by atoms with Crippen LogP contribution in [0, 0.1) is 0 Å². The molecule has 5 nitrogen and oxygen atoms in total. The minimum Gasteiger partial charge on any atom is -0.480 e. The molecule has 0 bridgehead atoms. The molecule has 1 heterocycles. The fourth-order valence-electron chi connectivity index (χ4n) is 1.95. The lowest BCUT2D eigenvalue weighted by molar-refractivity contribution is -0.146. The molecule has 16 heavy (non-hydrogen) atoms. The van der Waals surface area contributed by atoms with E-state index in [1.807, 2.05) is 6.92 Å². The van der Waals surface area contributed by atoms with Gasteiger partial charge >= 0.3 is 5.97 Å². The van der Waals surface area contributed by atoms with Gasteiger partial charge in [0, 0.05) is 12.6 Å². The molecule has 0 aromatic carbocycles. The molecule has 0 saturated carbocycles. The maximum absolute atomic E-state index is 11.8. The fraction of sp³-hybridized carbons (Fsp3) is 0.818. The SMILES string of the molecule is CC1CCCCCN1C(=O)COCC(=O)O. The zero-order chi connectivity index (χ0) is 12.0. The Morgan fingerprint density at radius 2 is 2.06 bits per heavy atom. The molecule has 92 valence electrons. The van der Waals surface area contributed by atoms with E-state index in [0.29, 0.717) is 0 Å². The van der Waals surface area contributed by atoms with Gasteiger partial charge in [-0.3, -0.25) is 4.79 Å². The quantitative estimate of drug-likeness (QED) is 0.777. The van der Waals surface area contributed by atoms with Gasteiger partial charge in [0.15, 0.2) is 0 Å². The number of hydrogen-bond donors (Lipinski definition) is 1. The van der Waals surface area contributed by atoms with Crippen molar-refractivity contribution < 1.29 is 19.4 Å². The van der Waals surface area contributed by atoms with E-state index in [1.54, 1.807) is 4.90 Å². The molecular formula is C11H19NO4. The van der Waals surface area contributed by atoms with E-state index in [4.69, 9.17) is 9.84 Å². The van der Waals surface area contributed by atoms with Crippen molar-refractivity contribution >= 4 is 11.9 Å². The van der Waals surface area contributed by atoms with Gasteiger partial charge in [-0.1, -0.05) is 12.8 Å². The molecule has 0 aromatic heterocycles. The van der Waals surface area contributed by atoms with Crippen LogP contribution in [0.5, 0.6) is 0 Å². The number of amides is 1. The largest absolute Gasteiger partial charge is 0.480 e. The van der Waals surface area contributed by atoms with Gasteiger partial charge in [0.05, 0.1) is 0 Å². The summed E-state index contributed by atoms with van der Waals surface area (Å²) in [6, 6.07) is 0.239. The average Bonchev–Trinajstić information content (AvgIpc) is 2.42. The Hall–Kier alpha value is -1.10. The van der Waals surface area contributed by atoms with Crippen LogP contribution in [-0.4, -0.2) is 47.7 Å². The number of carbonyl (C=O) groups is 2. The molecule has 1 amide bonds. The van der Waals surface area contributed by atoms with E-state index in [9.17, 15) is 9.59 Å². The molecule has 1 aliphatic rings. The number of ether oxygens (including phenoxy) is 1. The maximum atomic E-state index is 11.8. The zero-order valence-electron chi connectivity index (χ0n) is 9.65. The first-order valence-electron chi connectivity index (χ1n) is 5.70. The summed E-state index contributed by atoms with van der Waals surface area (Å²) >= 11 is 0. The first-order chi connectivity index (χ1) is 7.61. The number of aliphatic carboxylic acids is 1. The van der Waals surface area contributed by atoms with Gasteiger partial charge in [-0.25, -0.2) is 4.79 Å². The Balaban J connectivity index is 2.35. The molecule has 1 atom stereocenters. The van der Waals surface area contributed by atoms with Crippen molar-refractivity contribution in [3.63, 3.8) is 0 Å². The lowest BCUT2D eigenvalue weighted by atomic mass is 10.1. The van der Waals surface area contributed by atoms with Crippen molar-refractivity contribution in [2.24, 2.45) is 0 Å². The number of rotatable bonds is 4. The van der Waals surface area contributed by atoms with Crippen LogP contribution in [0.1, 0.15) is 32.6 Å². The number of carboxylic acids is 1. The predicted molar refractivity (Wildman–Crippen MR) is 58.1 cm³/mol. The summed E-state index contributed by atoms with van der Waals surface area (Å²) < 4.78 is 4.81. The van der Waals surface area contributed by atoms with Crippen LogP contribution in [0.4, 0.5) is 0 Å². The minimum atomic E-state index is -1.04. The number of carboxylic acid groups (broad SMARTS) is 1.